The first-order chi connectivity index (χ1) is 13.1. The number of hydrogen-bond donors (Lipinski definition) is 1. The van der Waals surface area contributed by atoms with Gasteiger partial charge in [-0.15, -0.1) is 0 Å². The average Bonchev–Trinajstić information content (AvgIpc) is 2.68. The number of nitrogens with one attached hydrogen (secondary N) is 1. The standard InChI is InChI=1S/C21H19BrN2O2S/c22-18-12-10-17(11-13-18)21-23-19-8-4-5-9-20(19)27(25,26)24(21)15-14-16-6-2-1-3-7-16/h1-13,21,23H,14-15H2/t21-/m0/s1. The van der Waals surface area contributed by atoms with E-state index in [0.717, 1.165) is 15.6 Å². The van der Waals surface area contributed by atoms with Gasteiger partial charge >= 0.3 is 0 Å². The lowest BCUT2D eigenvalue weighted by atomic mass is 10.1. The van der Waals surface area contributed by atoms with Crippen LogP contribution in [0.4, 0.5) is 5.69 Å². The number of para-hydroxylation sites is 1. The topological polar surface area (TPSA) is 49.4 Å². The summed E-state index contributed by atoms with van der Waals surface area (Å²) in [6.07, 6.45) is 0.207. The summed E-state index contributed by atoms with van der Waals surface area (Å²) >= 11 is 3.44. The van der Waals surface area contributed by atoms with Crippen molar-refractivity contribution < 1.29 is 8.42 Å². The van der Waals surface area contributed by atoms with Gasteiger partial charge in [-0.3, -0.25) is 0 Å². The lowest BCUT2D eigenvalue weighted by molar-refractivity contribution is 0.345. The SMILES string of the molecule is O=S1(=O)c2ccccc2N[C@H](c2ccc(Br)cc2)N1CCc1ccccc1. The Kier molecular flexibility index (Phi) is 5.04. The molecule has 1 aliphatic rings. The van der Waals surface area contributed by atoms with E-state index in [1.165, 1.54) is 0 Å². The van der Waals surface area contributed by atoms with Crippen LogP contribution in [0.3, 0.4) is 0 Å². The van der Waals surface area contributed by atoms with Gasteiger partial charge < -0.3 is 5.32 Å². The van der Waals surface area contributed by atoms with Crippen LogP contribution >= 0.6 is 15.9 Å². The molecule has 6 heteroatoms. The van der Waals surface area contributed by atoms with Crippen molar-refractivity contribution in [3.63, 3.8) is 0 Å². The van der Waals surface area contributed by atoms with Crippen molar-refractivity contribution in [1.82, 2.24) is 4.31 Å². The minimum Gasteiger partial charge on any atom is -0.364 e. The summed E-state index contributed by atoms with van der Waals surface area (Å²) in [4.78, 5) is 0.325. The fourth-order valence-corrected chi connectivity index (χ4v) is 5.28. The van der Waals surface area contributed by atoms with Crippen LogP contribution in [0.15, 0.2) is 88.2 Å². The van der Waals surface area contributed by atoms with Crippen molar-refractivity contribution in [3.8, 4) is 0 Å². The molecule has 3 aromatic carbocycles. The van der Waals surface area contributed by atoms with Crippen molar-refractivity contribution in [2.24, 2.45) is 0 Å². The molecule has 0 radical (unpaired) electrons. The molecule has 0 aromatic heterocycles. The maximum Gasteiger partial charge on any atom is 0.247 e. The molecule has 1 atom stereocenters. The largest absolute Gasteiger partial charge is 0.364 e. The van der Waals surface area contributed by atoms with Gasteiger partial charge in [0, 0.05) is 11.0 Å². The fourth-order valence-electron chi connectivity index (χ4n) is 3.32. The first-order valence-corrected chi connectivity index (χ1v) is 11.0. The predicted molar refractivity (Wildman–Crippen MR) is 111 cm³/mol. The zero-order valence-electron chi connectivity index (χ0n) is 14.5. The molecule has 0 saturated heterocycles. The molecule has 0 bridgehead atoms. The summed E-state index contributed by atoms with van der Waals surface area (Å²) in [6.45, 7) is 0.397. The number of benzene rings is 3. The Balaban J connectivity index is 1.74. The Morgan fingerprint density at radius 1 is 0.889 bits per heavy atom. The maximum atomic E-state index is 13.4. The van der Waals surface area contributed by atoms with E-state index < -0.39 is 16.2 Å². The van der Waals surface area contributed by atoms with Gasteiger partial charge in [0.2, 0.25) is 10.0 Å². The summed E-state index contributed by atoms with van der Waals surface area (Å²) in [5.41, 5.74) is 2.66. The molecule has 0 amide bonds. The highest BCUT2D eigenvalue weighted by atomic mass is 79.9. The average molecular weight is 443 g/mol. The van der Waals surface area contributed by atoms with E-state index in [1.54, 1.807) is 16.4 Å². The number of hydrogen-bond acceptors (Lipinski definition) is 3. The zero-order chi connectivity index (χ0) is 18.9. The number of halogens is 1. The van der Waals surface area contributed by atoms with Crippen molar-refractivity contribution in [2.45, 2.75) is 17.5 Å². The summed E-state index contributed by atoms with van der Waals surface area (Å²) in [6, 6.07) is 24.8. The van der Waals surface area contributed by atoms with Gasteiger partial charge in [0.25, 0.3) is 0 Å². The molecule has 0 unspecified atom stereocenters. The van der Waals surface area contributed by atoms with Crippen LogP contribution in [0.25, 0.3) is 0 Å². The number of rotatable bonds is 4. The Labute approximate surface area is 168 Å². The van der Waals surface area contributed by atoms with E-state index in [-0.39, 0.29) is 0 Å². The Bertz CT molecular complexity index is 1040. The molecule has 4 nitrogen and oxygen atoms in total. The van der Waals surface area contributed by atoms with Gasteiger partial charge in [-0.05, 0) is 41.8 Å². The molecule has 27 heavy (non-hydrogen) atoms. The highest BCUT2D eigenvalue weighted by Gasteiger charge is 2.38. The summed E-state index contributed by atoms with van der Waals surface area (Å²) < 4.78 is 29.2. The molecule has 4 rings (SSSR count). The van der Waals surface area contributed by atoms with E-state index in [4.69, 9.17) is 0 Å². The van der Waals surface area contributed by atoms with Crippen LogP contribution in [-0.4, -0.2) is 19.3 Å². The highest BCUT2D eigenvalue weighted by Crippen LogP contribution is 2.38. The van der Waals surface area contributed by atoms with Crippen LogP contribution in [0.5, 0.6) is 0 Å². The second-order valence-electron chi connectivity index (χ2n) is 6.45. The normalized spacial score (nSPS) is 18.5. The van der Waals surface area contributed by atoms with Crippen molar-refractivity contribution >= 4 is 31.6 Å². The van der Waals surface area contributed by atoms with E-state index in [2.05, 4.69) is 21.2 Å². The van der Waals surface area contributed by atoms with Crippen molar-refractivity contribution in [1.29, 1.82) is 0 Å². The molecule has 0 aliphatic carbocycles. The van der Waals surface area contributed by atoms with Crippen LogP contribution in [-0.2, 0) is 16.4 Å². The van der Waals surface area contributed by atoms with Gasteiger partial charge in [0.1, 0.15) is 11.1 Å². The molecule has 1 aliphatic heterocycles. The third kappa shape index (κ3) is 3.65. The van der Waals surface area contributed by atoms with Crippen LogP contribution < -0.4 is 5.32 Å². The molecule has 0 saturated carbocycles. The zero-order valence-corrected chi connectivity index (χ0v) is 16.9. The van der Waals surface area contributed by atoms with Gasteiger partial charge in [-0.2, -0.15) is 4.31 Å². The highest BCUT2D eigenvalue weighted by molar-refractivity contribution is 9.10. The second-order valence-corrected chi connectivity index (χ2v) is 9.22. The molecule has 138 valence electrons. The first-order valence-electron chi connectivity index (χ1n) is 8.72. The molecular formula is C21H19BrN2O2S. The predicted octanol–water partition coefficient (Wildman–Crippen LogP) is 4.81. The van der Waals surface area contributed by atoms with E-state index in [9.17, 15) is 8.42 Å². The number of nitrogens with zero attached hydrogens (tertiary/aromatic N) is 1. The molecule has 1 heterocycles. The fraction of sp³-hybridized carbons (Fsp3) is 0.143. The summed E-state index contributed by atoms with van der Waals surface area (Å²) in [5, 5.41) is 3.41. The lowest BCUT2D eigenvalue weighted by Gasteiger charge is -2.37. The minimum absolute atomic E-state index is 0.325. The first kappa shape index (κ1) is 18.2. The Morgan fingerprint density at radius 3 is 2.30 bits per heavy atom. The summed E-state index contributed by atoms with van der Waals surface area (Å²) in [5.74, 6) is 0. The molecule has 1 N–H and O–H groups in total. The van der Waals surface area contributed by atoms with Gasteiger partial charge in [-0.1, -0.05) is 70.5 Å². The van der Waals surface area contributed by atoms with E-state index in [0.29, 0.717) is 23.5 Å². The third-order valence-corrected chi connectivity index (χ3v) is 7.15. The molecule has 3 aromatic rings. The second kappa shape index (κ2) is 7.46. The maximum absolute atomic E-state index is 13.4. The Morgan fingerprint density at radius 2 is 1.56 bits per heavy atom. The van der Waals surface area contributed by atoms with Crippen LogP contribution in [0.2, 0.25) is 0 Å². The van der Waals surface area contributed by atoms with Gasteiger partial charge in [-0.25, -0.2) is 8.42 Å². The van der Waals surface area contributed by atoms with Crippen LogP contribution in [0.1, 0.15) is 17.3 Å². The Hall–Kier alpha value is -2.15. The molecule has 0 fully saturated rings. The third-order valence-electron chi connectivity index (χ3n) is 4.70. The van der Waals surface area contributed by atoms with Crippen LogP contribution in [0, 0.1) is 0 Å². The quantitative estimate of drug-likeness (QED) is 0.630. The van der Waals surface area contributed by atoms with Crippen molar-refractivity contribution in [3.05, 3.63) is 94.5 Å². The van der Waals surface area contributed by atoms with Gasteiger partial charge in [0.15, 0.2) is 0 Å². The van der Waals surface area contributed by atoms with Crippen molar-refractivity contribution in [2.75, 3.05) is 11.9 Å². The summed E-state index contributed by atoms with van der Waals surface area (Å²) in [7, 11) is -3.60. The number of sulfonamides is 1. The monoisotopic (exact) mass is 442 g/mol. The minimum atomic E-state index is -3.60. The van der Waals surface area contributed by atoms with E-state index >= 15 is 0 Å². The number of anilines is 1. The molecule has 0 spiro atoms. The number of fused-ring (bicyclic) bond motifs is 1. The van der Waals surface area contributed by atoms with Gasteiger partial charge in [0.05, 0.1) is 5.69 Å². The molecular weight excluding hydrogens is 424 g/mol. The smallest absolute Gasteiger partial charge is 0.247 e. The van der Waals surface area contributed by atoms with E-state index in [1.807, 2.05) is 66.7 Å². The lowest BCUT2D eigenvalue weighted by Crippen LogP contribution is -2.43.